The van der Waals surface area contributed by atoms with E-state index < -0.39 is 0 Å². The Bertz CT molecular complexity index is 803. The molecule has 0 radical (unpaired) electrons. The molecule has 0 bridgehead atoms. The number of carbonyl (C=O) groups excluding carboxylic acids is 1. The Balaban J connectivity index is 0.00000420. The van der Waals surface area contributed by atoms with Crippen LogP contribution in [0.3, 0.4) is 0 Å². The van der Waals surface area contributed by atoms with Gasteiger partial charge in [-0.25, -0.2) is 0 Å². The standard InChI is InChI=1S/C21H32N6O.HI/c1-15(13-19-16(2)26-27(5)17(19)3)25-21(22-4)23-12-11-20(28)24-14-18-9-7-6-8-10-18;/h6-10,15H,11-14H2,1-5H3,(H,24,28)(H2,22,23,25);1H. The van der Waals surface area contributed by atoms with Crippen molar-refractivity contribution >= 4 is 35.8 Å². The molecule has 1 amide bonds. The molecule has 0 aliphatic heterocycles. The summed E-state index contributed by atoms with van der Waals surface area (Å²) in [5.41, 5.74) is 4.60. The maximum absolute atomic E-state index is 12.0. The number of aryl methyl sites for hydroxylation is 2. The minimum atomic E-state index is 0. The highest BCUT2D eigenvalue weighted by Crippen LogP contribution is 2.14. The van der Waals surface area contributed by atoms with Crippen molar-refractivity contribution in [2.45, 2.75) is 46.2 Å². The maximum atomic E-state index is 12.0. The number of aliphatic imine (C=N–C) groups is 1. The third-order valence-electron chi connectivity index (χ3n) is 4.75. The Kier molecular flexibility index (Phi) is 10.7. The number of hydrogen-bond donors (Lipinski definition) is 3. The number of guanidine groups is 1. The summed E-state index contributed by atoms with van der Waals surface area (Å²) in [5, 5.41) is 14.0. The van der Waals surface area contributed by atoms with E-state index in [1.807, 2.05) is 49.0 Å². The molecule has 7 nitrogen and oxygen atoms in total. The minimum absolute atomic E-state index is 0. The van der Waals surface area contributed by atoms with Gasteiger partial charge in [0.05, 0.1) is 5.69 Å². The van der Waals surface area contributed by atoms with E-state index in [0.717, 1.165) is 17.7 Å². The van der Waals surface area contributed by atoms with E-state index in [4.69, 9.17) is 0 Å². The molecule has 0 fully saturated rings. The number of nitrogens with zero attached hydrogens (tertiary/aromatic N) is 3. The lowest BCUT2D eigenvalue weighted by Crippen LogP contribution is -2.44. The van der Waals surface area contributed by atoms with Gasteiger partial charge < -0.3 is 16.0 Å². The zero-order chi connectivity index (χ0) is 20.5. The van der Waals surface area contributed by atoms with Gasteiger partial charge >= 0.3 is 0 Å². The van der Waals surface area contributed by atoms with Gasteiger partial charge in [-0.05, 0) is 38.3 Å². The van der Waals surface area contributed by atoms with Crippen molar-refractivity contribution in [1.82, 2.24) is 25.7 Å². The third kappa shape index (κ3) is 8.04. The lowest BCUT2D eigenvalue weighted by Gasteiger charge is -2.18. The van der Waals surface area contributed by atoms with Crippen LogP contribution >= 0.6 is 24.0 Å². The monoisotopic (exact) mass is 512 g/mol. The molecule has 0 aliphatic rings. The first-order valence-electron chi connectivity index (χ1n) is 9.67. The molecule has 1 aromatic carbocycles. The minimum Gasteiger partial charge on any atom is -0.356 e. The fourth-order valence-electron chi connectivity index (χ4n) is 3.08. The second-order valence-corrected chi connectivity index (χ2v) is 7.03. The van der Waals surface area contributed by atoms with E-state index in [-0.39, 0.29) is 35.9 Å². The number of amides is 1. The Morgan fingerprint density at radius 2 is 1.90 bits per heavy atom. The molecule has 3 N–H and O–H groups in total. The van der Waals surface area contributed by atoms with Gasteiger partial charge in [0.2, 0.25) is 5.91 Å². The molecule has 0 aliphatic carbocycles. The van der Waals surface area contributed by atoms with Crippen LogP contribution in [0.4, 0.5) is 0 Å². The van der Waals surface area contributed by atoms with Crippen LogP contribution in [0.15, 0.2) is 35.3 Å². The summed E-state index contributed by atoms with van der Waals surface area (Å²) in [6.07, 6.45) is 1.26. The number of halogens is 1. The number of hydrogen-bond acceptors (Lipinski definition) is 3. The van der Waals surface area contributed by atoms with Crippen molar-refractivity contribution in [2.75, 3.05) is 13.6 Å². The molecule has 1 unspecified atom stereocenters. The van der Waals surface area contributed by atoms with Crippen LogP contribution in [0.5, 0.6) is 0 Å². The third-order valence-corrected chi connectivity index (χ3v) is 4.75. The van der Waals surface area contributed by atoms with Gasteiger partial charge in [0.1, 0.15) is 0 Å². The van der Waals surface area contributed by atoms with Gasteiger partial charge in [-0.15, -0.1) is 24.0 Å². The largest absolute Gasteiger partial charge is 0.356 e. The van der Waals surface area contributed by atoms with Crippen LogP contribution in [0, 0.1) is 13.8 Å². The predicted octanol–water partition coefficient (Wildman–Crippen LogP) is 2.46. The molecule has 0 spiro atoms. The highest BCUT2D eigenvalue weighted by atomic mass is 127. The molecular weight excluding hydrogens is 479 g/mol. The average molecular weight is 512 g/mol. The van der Waals surface area contributed by atoms with E-state index in [2.05, 4.69) is 39.9 Å². The van der Waals surface area contributed by atoms with Crippen molar-refractivity contribution in [1.29, 1.82) is 0 Å². The summed E-state index contributed by atoms with van der Waals surface area (Å²) in [6, 6.07) is 10.1. The average Bonchev–Trinajstić information content (AvgIpc) is 2.92. The predicted molar refractivity (Wildman–Crippen MR) is 129 cm³/mol. The SMILES string of the molecule is CN=C(NCCC(=O)NCc1ccccc1)NC(C)Cc1c(C)nn(C)c1C.I. The van der Waals surface area contributed by atoms with Crippen molar-refractivity contribution in [2.24, 2.45) is 12.0 Å². The van der Waals surface area contributed by atoms with Crippen molar-refractivity contribution in [3.8, 4) is 0 Å². The van der Waals surface area contributed by atoms with E-state index in [1.165, 1.54) is 11.3 Å². The van der Waals surface area contributed by atoms with Crippen molar-refractivity contribution in [3.63, 3.8) is 0 Å². The van der Waals surface area contributed by atoms with E-state index in [0.29, 0.717) is 25.5 Å². The second-order valence-electron chi connectivity index (χ2n) is 7.03. The Hall–Kier alpha value is -2.10. The Morgan fingerprint density at radius 1 is 1.21 bits per heavy atom. The van der Waals surface area contributed by atoms with Crippen molar-refractivity contribution < 1.29 is 4.79 Å². The molecule has 160 valence electrons. The van der Waals surface area contributed by atoms with Crippen LogP contribution in [0.2, 0.25) is 0 Å². The Morgan fingerprint density at radius 3 is 2.48 bits per heavy atom. The number of benzene rings is 1. The summed E-state index contributed by atoms with van der Waals surface area (Å²) in [7, 11) is 3.70. The van der Waals surface area contributed by atoms with E-state index in [1.54, 1.807) is 7.05 Å². The summed E-state index contributed by atoms with van der Waals surface area (Å²) in [4.78, 5) is 16.3. The second kappa shape index (κ2) is 12.5. The topological polar surface area (TPSA) is 83.3 Å². The first-order valence-corrected chi connectivity index (χ1v) is 9.67. The molecule has 1 atom stereocenters. The lowest BCUT2D eigenvalue weighted by atomic mass is 10.1. The van der Waals surface area contributed by atoms with Gasteiger partial charge in [0.25, 0.3) is 0 Å². The molecule has 29 heavy (non-hydrogen) atoms. The fourth-order valence-corrected chi connectivity index (χ4v) is 3.08. The molecule has 0 saturated carbocycles. The maximum Gasteiger partial charge on any atom is 0.222 e. The molecule has 1 aromatic heterocycles. The molecule has 1 heterocycles. The first-order chi connectivity index (χ1) is 13.4. The molecular formula is C21H33IN6O. The fraction of sp³-hybridized carbons (Fsp3) is 0.476. The van der Waals surface area contributed by atoms with Gasteiger partial charge in [-0.2, -0.15) is 5.10 Å². The van der Waals surface area contributed by atoms with E-state index in [9.17, 15) is 4.79 Å². The molecule has 0 saturated heterocycles. The van der Waals surface area contributed by atoms with Crippen LogP contribution < -0.4 is 16.0 Å². The zero-order valence-electron chi connectivity index (χ0n) is 18.0. The van der Waals surface area contributed by atoms with Crippen LogP contribution in [0.1, 0.15) is 35.9 Å². The van der Waals surface area contributed by atoms with Crippen molar-refractivity contribution in [3.05, 3.63) is 52.8 Å². The molecule has 2 rings (SSSR count). The smallest absolute Gasteiger partial charge is 0.222 e. The zero-order valence-corrected chi connectivity index (χ0v) is 20.3. The first kappa shape index (κ1) is 24.9. The van der Waals surface area contributed by atoms with Gasteiger partial charge in [-0.3, -0.25) is 14.5 Å². The number of aromatic nitrogens is 2. The van der Waals surface area contributed by atoms with Crippen LogP contribution in [-0.2, 0) is 24.8 Å². The summed E-state index contributed by atoms with van der Waals surface area (Å²) < 4.78 is 1.92. The van der Waals surface area contributed by atoms with Gasteiger partial charge in [0.15, 0.2) is 5.96 Å². The Labute approximate surface area is 190 Å². The summed E-state index contributed by atoms with van der Waals surface area (Å²) in [5.74, 6) is 0.712. The lowest BCUT2D eigenvalue weighted by molar-refractivity contribution is -0.121. The highest BCUT2D eigenvalue weighted by molar-refractivity contribution is 14.0. The van der Waals surface area contributed by atoms with Crippen LogP contribution in [-0.4, -0.2) is 41.3 Å². The highest BCUT2D eigenvalue weighted by Gasteiger charge is 2.14. The van der Waals surface area contributed by atoms with Gasteiger partial charge in [0, 0.05) is 45.3 Å². The summed E-state index contributed by atoms with van der Waals surface area (Å²) >= 11 is 0. The normalized spacial score (nSPS) is 12.1. The quantitative estimate of drug-likeness (QED) is 0.288. The van der Waals surface area contributed by atoms with Gasteiger partial charge in [-0.1, -0.05) is 30.3 Å². The molecule has 8 heteroatoms. The molecule has 2 aromatic rings. The van der Waals surface area contributed by atoms with Crippen LogP contribution in [0.25, 0.3) is 0 Å². The number of nitrogens with one attached hydrogen (secondary N) is 3. The summed E-state index contributed by atoms with van der Waals surface area (Å²) in [6.45, 7) is 7.32. The number of rotatable bonds is 8. The number of carbonyl (C=O) groups is 1. The van der Waals surface area contributed by atoms with E-state index >= 15 is 0 Å².